The molecule has 5 nitrogen and oxygen atoms in total. The second-order valence-corrected chi connectivity index (χ2v) is 5.78. The number of nitrogens with zero attached hydrogens (tertiary/aromatic N) is 2. The zero-order valence-corrected chi connectivity index (χ0v) is 11.8. The second-order valence-electron chi connectivity index (χ2n) is 5.78. The van der Waals surface area contributed by atoms with E-state index in [4.69, 9.17) is 11.5 Å². The molecule has 0 bridgehead atoms. The van der Waals surface area contributed by atoms with Crippen molar-refractivity contribution in [1.29, 1.82) is 0 Å². The van der Waals surface area contributed by atoms with Crippen LogP contribution in [0.1, 0.15) is 32.1 Å². The zero-order valence-electron chi connectivity index (χ0n) is 11.8. The fraction of sp³-hybridized carbons (Fsp3) is 0.733. The van der Waals surface area contributed by atoms with Gasteiger partial charge >= 0.3 is 12.0 Å². The van der Waals surface area contributed by atoms with E-state index in [0.29, 0.717) is 5.92 Å². The van der Waals surface area contributed by atoms with Gasteiger partial charge < -0.3 is 14.9 Å². The van der Waals surface area contributed by atoms with Crippen LogP contribution in [-0.4, -0.2) is 53.1 Å². The van der Waals surface area contributed by atoms with Crippen LogP contribution in [0.15, 0.2) is 0 Å². The Hall–Kier alpha value is -1.70. The number of rotatable bonds is 3. The van der Waals surface area contributed by atoms with Crippen molar-refractivity contribution in [2.45, 2.75) is 32.1 Å². The van der Waals surface area contributed by atoms with Crippen molar-refractivity contribution in [3.63, 3.8) is 0 Å². The Bertz CT molecular complexity index is 416. The third-order valence-electron chi connectivity index (χ3n) is 4.44. The summed E-state index contributed by atoms with van der Waals surface area (Å²) < 4.78 is 0. The maximum Gasteiger partial charge on any atom is 0.323 e. The lowest BCUT2D eigenvalue weighted by Crippen LogP contribution is -2.51. The van der Waals surface area contributed by atoms with E-state index in [1.165, 1.54) is 30.6 Å². The van der Waals surface area contributed by atoms with Gasteiger partial charge in [-0.05, 0) is 24.7 Å². The summed E-state index contributed by atoms with van der Waals surface area (Å²) in [7, 11) is 0. The van der Waals surface area contributed by atoms with Gasteiger partial charge in [-0.25, -0.2) is 4.79 Å². The van der Waals surface area contributed by atoms with Gasteiger partial charge in [0, 0.05) is 13.1 Å². The maximum absolute atomic E-state index is 12.4. The van der Waals surface area contributed by atoms with Gasteiger partial charge in [-0.15, -0.1) is 6.42 Å². The van der Waals surface area contributed by atoms with Crippen LogP contribution in [0.25, 0.3) is 0 Å². The topological polar surface area (TPSA) is 60.9 Å². The van der Waals surface area contributed by atoms with Crippen LogP contribution in [0.4, 0.5) is 4.79 Å². The molecular weight excluding hydrogens is 256 g/mol. The molecule has 0 spiro atoms. The summed E-state index contributed by atoms with van der Waals surface area (Å²) in [4.78, 5) is 26.2. The van der Waals surface area contributed by atoms with Crippen LogP contribution in [0.5, 0.6) is 0 Å². The quantitative estimate of drug-likeness (QED) is 0.798. The molecule has 2 fully saturated rings. The maximum atomic E-state index is 12.4. The highest BCUT2D eigenvalue weighted by Gasteiger charge is 2.34. The molecule has 1 heterocycles. The molecule has 2 atom stereocenters. The average molecular weight is 278 g/mol. The third-order valence-corrected chi connectivity index (χ3v) is 4.44. The number of terminal acetylenes is 1. The van der Waals surface area contributed by atoms with Crippen LogP contribution in [0, 0.1) is 24.2 Å². The average Bonchev–Trinajstić information content (AvgIpc) is 2.45. The lowest BCUT2D eigenvalue weighted by molar-refractivity contribution is -0.137. The number of amides is 2. The number of piperidine rings is 1. The Morgan fingerprint density at radius 3 is 2.60 bits per heavy atom. The minimum Gasteiger partial charge on any atom is -0.480 e. The van der Waals surface area contributed by atoms with E-state index in [-0.39, 0.29) is 19.1 Å². The monoisotopic (exact) mass is 278 g/mol. The molecule has 2 unspecified atom stereocenters. The molecule has 20 heavy (non-hydrogen) atoms. The molecule has 0 aromatic carbocycles. The molecule has 1 saturated carbocycles. The Morgan fingerprint density at radius 2 is 1.95 bits per heavy atom. The highest BCUT2D eigenvalue weighted by molar-refractivity contribution is 5.80. The Labute approximate surface area is 119 Å². The minimum absolute atomic E-state index is 0.0513. The van der Waals surface area contributed by atoms with Crippen molar-refractivity contribution >= 4 is 12.0 Å². The van der Waals surface area contributed by atoms with Gasteiger partial charge in [0.05, 0.1) is 6.54 Å². The fourth-order valence-electron chi connectivity index (χ4n) is 3.44. The summed E-state index contributed by atoms with van der Waals surface area (Å²) in [5.74, 6) is 2.66. The van der Waals surface area contributed by atoms with Crippen molar-refractivity contribution in [2.24, 2.45) is 11.8 Å². The molecule has 5 heteroatoms. The fourth-order valence-corrected chi connectivity index (χ4v) is 3.44. The molecular formula is C15H22N2O3. The first-order chi connectivity index (χ1) is 9.61. The van der Waals surface area contributed by atoms with Gasteiger partial charge in [0.15, 0.2) is 0 Å². The summed E-state index contributed by atoms with van der Waals surface area (Å²) in [5, 5.41) is 8.86. The molecule has 1 aliphatic carbocycles. The normalized spacial score (nSPS) is 25.4. The number of carboxylic acids is 1. The minimum atomic E-state index is -1.03. The predicted molar refractivity (Wildman–Crippen MR) is 75.1 cm³/mol. The molecule has 1 saturated heterocycles. The van der Waals surface area contributed by atoms with Crippen molar-refractivity contribution in [1.82, 2.24) is 9.80 Å². The van der Waals surface area contributed by atoms with E-state index in [1.807, 2.05) is 0 Å². The number of hydrogen-bond acceptors (Lipinski definition) is 2. The summed E-state index contributed by atoms with van der Waals surface area (Å²) in [5.41, 5.74) is 0. The van der Waals surface area contributed by atoms with E-state index < -0.39 is 5.97 Å². The summed E-state index contributed by atoms with van der Waals surface area (Å²) in [6.45, 7) is 1.20. The number of carboxylic acid groups (broad SMARTS) is 1. The van der Waals surface area contributed by atoms with E-state index >= 15 is 0 Å². The number of urea groups is 1. The van der Waals surface area contributed by atoms with Crippen LogP contribution in [0.3, 0.4) is 0 Å². The molecule has 2 amide bonds. The largest absolute Gasteiger partial charge is 0.480 e. The number of hydrogen-bond donors (Lipinski definition) is 1. The second kappa shape index (κ2) is 6.65. The first-order valence-corrected chi connectivity index (χ1v) is 7.31. The Balaban J connectivity index is 1.97. The number of fused-ring (bicyclic) bond motifs is 1. The van der Waals surface area contributed by atoms with Gasteiger partial charge in [0.2, 0.25) is 0 Å². The molecule has 1 N–H and O–H groups in total. The Morgan fingerprint density at radius 1 is 1.25 bits per heavy atom. The van der Waals surface area contributed by atoms with Gasteiger partial charge in [-0.1, -0.05) is 25.2 Å². The lowest BCUT2D eigenvalue weighted by Gasteiger charge is -2.42. The smallest absolute Gasteiger partial charge is 0.323 e. The van der Waals surface area contributed by atoms with Gasteiger partial charge in [-0.2, -0.15) is 0 Å². The SMILES string of the molecule is C#CCN(CC(=O)O)C(=O)N1CCC2CCCCC2C1. The number of aliphatic carboxylic acids is 1. The van der Waals surface area contributed by atoms with Crippen LogP contribution < -0.4 is 0 Å². The van der Waals surface area contributed by atoms with Crippen molar-refractivity contribution in [3.8, 4) is 12.3 Å². The van der Waals surface area contributed by atoms with Crippen molar-refractivity contribution < 1.29 is 14.7 Å². The number of carbonyl (C=O) groups excluding carboxylic acids is 1. The van der Waals surface area contributed by atoms with Crippen molar-refractivity contribution in [3.05, 3.63) is 0 Å². The van der Waals surface area contributed by atoms with Gasteiger partial charge in [-0.3, -0.25) is 4.79 Å². The summed E-state index contributed by atoms with van der Waals surface area (Å²) in [6.07, 6.45) is 11.3. The summed E-state index contributed by atoms with van der Waals surface area (Å²) >= 11 is 0. The Kier molecular flexibility index (Phi) is 4.89. The van der Waals surface area contributed by atoms with Crippen LogP contribution in [0.2, 0.25) is 0 Å². The zero-order chi connectivity index (χ0) is 14.5. The third kappa shape index (κ3) is 3.44. The standard InChI is InChI=1S/C15H22N2O3/c1-2-8-16(11-14(18)19)15(20)17-9-7-12-5-3-4-6-13(12)10-17/h1,12-13H,3-11H2,(H,18,19). The number of likely N-dealkylation sites (tertiary alicyclic amines) is 1. The van der Waals surface area contributed by atoms with Crippen molar-refractivity contribution in [2.75, 3.05) is 26.2 Å². The molecule has 2 aliphatic rings. The van der Waals surface area contributed by atoms with E-state index in [1.54, 1.807) is 4.90 Å². The van der Waals surface area contributed by atoms with E-state index in [2.05, 4.69) is 5.92 Å². The molecule has 1 aliphatic heterocycles. The molecule has 110 valence electrons. The summed E-state index contributed by atoms with van der Waals surface area (Å²) in [6, 6.07) is -0.227. The van der Waals surface area contributed by atoms with Gasteiger partial charge in [0.1, 0.15) is 6.54 Å². The number of carbonyl (C=O) groups is 2. The highest BCUT2D eigenvalue weighted by atomic mass is 16.4. The highest BCUT2D eigenvalue weighted by Crippen LogP contribution is 2.36. The molecule has 0 aromatic rings. The van der Waals surface area contributed by atoms with Gasteiger partial charge in [0.25, 0.3) is 0 Å². The molecule has 0 aromatic heterocycles. The van der Waals surface area contributed by atoms with Crippen LogP contribution in [-0.2, 0) is 4.79 Å². The molecule has 0 radical (unpaired) electrons. The first-order valence-electron chi connectivity index (χ1n) is 7.31. The van der Waals surface area contributed by atoms with E-state index in [0.717, 1.165) is 25.4 Å². The lowest BCUT2D eigenvalue weighted by atomic mass is 9.75. The molecule has 2 rings (SSSR count). The van der Waals surface area contributed by atoms with Crippen LogP contribution >= 0.6 is 0 Å². The predicted octanol–water partition coefficient (Wildman–Crippen LogP) is 1.64. The first kappa shape index (κ1) is 14.7. The van der Waals surface area contributed by atoms with E-state index in [9.17, 15) is 9.59 Å².